The van der Waals surface area contributed by atoms with Crippen molar-refractivity contribution in [2.75, 3.05) is 4.31 Å². The van der Waals surface area contributed by atoms with Gasteiger partial charge in [0.2, 0.25) is 0 Å². The largest absolute Gasteiger partial charge is 0.264 e. The highest BCUT2D eigenvalue weighted by Gasteiger charge is 2.39. The van der Waals surface area contributed by atoms with E-state index in [0.717, 1.165) is 28.0 Å². The Morgan fingerprint density at radius 3 is 2.26 bits per heavy atom. The molecule has 0 bridgehead atoms. The van der Waals surface area contributed by atoms with Crippen molar-refractivity contribution in [1.29, 1.82) is 0 Å². The number of para-hydroxylation sites is 1. The van der Waals surface area contributed by atoms with Crippen LogP contribution in [0.4, 0.5) is 5.69 Å². The van der Waals surface area contributed by atoms with E-state index in [1.165, 1.54) is 0 Å². The van der Waals surface area contributed by atoms with Gasteiger partial charge in [0.15, 0.2) is 0 Å². The normalized spacial score (nSPS) is 16.2. The molecule has 0 N–H and O–H groups in total. The number of nitrogens with zero attached hydrogens (tertiary/aromatic N) is 1. The molecule has 0 saturated heterocycles. The van der Waals surface area contributed by atoms with Crippen molar-refractivity contribution in [3.05, 3.63) is 102 Å². The van der Waals surface area contributed by atoms with E-state index in [4.69, 9.17) is 0 Å². The topological polar surface area (TPSA) is 37.4 Å². The molecule has 0 amide bonds. The van der Waals surface area contributed by atoms with Crippen LogP contribution < -0.4 is 4.31 Å². The van der Waals surface area contributed by atoms with Gasteiger partial charge in [0.1, 0.15) is 0 Å². The average molecular weight is 375 g/mol. The van der Waals surface area contributed by atoms with E-state index in [9.17, 15) is 8.42 Å². The fraction of sp³-hybridized carbons (Fsp3) is 0.130. The molecule has 1 aliphatic rings. The highest BCUT2D eigenvalue weighted by Crippen LogP contribution is 2.41. The Bertz CT molecular complexity index is 1090. The SMILES string of the molecule is C=C(c1ccccc1)C1Cc2ccccc2N1S(=O)(=O)c1ccc(C)cc1. The molecule has 1 unspecified atom stereocenters. The van der Waals surface area contributed by atoms with E-state index in [1.807, 2.05) is 73.7 Å². The maximum atomic E-state index is 13.5. The Labute approximate surface area is 160 Å². The minimum absolute atomic E-state index is 0.302. The molecule has 0 saturated carbocycles. The van der Waals surface area contributed by atoms with Crippen LogP contribution in [0.1, 0.15) is 16.7 Å². The Morgan fingerprint density at radius 2 is 1.56 bits per heavy atom. The summed E-state index contributed by atoms with van der Waals surface area (Å²) in [6.45, 7) is 6.20. The average Bonchev–Trinajstić information content (AvgIpc) is 3.09. The number of benzene rings is 3. The number of hydrogen-bond acceptors (Lipinski definition) is 2. The lowest BCUT2D eigenvalue weighted by Crippen LogP contribution is -2.38. The van der Waals surface area contributed by atoms with Gasteiger partial charge >= 0.3 is 0 Å². The first kappa shape index (κ1) is 17.6. The zero-order chi connectivity index (χ0) is 19.0. The van der Waals surface area contributed by atoms with Crippen molar-refractivity contribution in [2.24, 2.45) is 0 Å². The summed E-state index contributed by atoms with van der Waals surface area (Å²) in [5, 5.41) is 0. The van der Waals surface area contributed by atoms with Crippen LogP contribution in [0.2, 0.25) is 0 Å². The van der Waals surface area contributed by atoms with Crippen molar-refractivity contribution >= 4 is 21.3 Å². The third kappa shape index (κ3) is 3.06. The predicted molar refractivity (Wildman–Crippen MR) is 110 cm³/mol. The van der Waals surface area contributed by atoms with E-state index >= 15 is 0 Å². The number of rotatable bonds is 4. The lowest BCUT2D eigenvalue weighted by Gasteiger charge is -2.28. The fourth-order valence-corrected chi connectivity index (χ4v) is 5.27. The Morgan fingerprint density at radius 1 is 0.926 bits per heavy atom. The van der Waals surface area contributed by atoms with E-state index in [1.54, 1.807) is 16.4 Å². The number of sulfonamides is 1. The van der Waals surface area contributed by atoms with Gasteiger partial charge in [-0.25, -0.2) is 8.42 Å². The van der Waals surface area contributed by atoms with Crippen LogP contribution in [0.3, 0.4) is 0 Å². The molecule has 0 spiro atoms. The molecular formula is C23H21NO2S. The number of aryl methyl sites for hydroxylation is 1. The van der Waals surface area contributed by atoms with Gasteiger partial charge in [0.25, 0.3) is 10.0 Å². The minimum atomic E-state index is -3.70. The first-order valence-corrected chi connectivity index (χ1v) is 10.4. The molecule has 1 heterocycles. The number of fused-ring (bicyclic) bond motifs is 1. The van der Waals surface area contributed by atoms with Crippen molar-refractivity contribution < 1.29 is 8.42 Å². The van der Waals surface area contributed by atoms with Gasteiger partial charge in [0, 0.05) is 6.42 Å². The van der Waals surface area contributed by atoms with Crippen LogP contribution in [0.25, 0.3) is 5.57 Å². The smallest absolute Gasteiger partial charge is 0.258 e. The first-order valence-electron chi connectivity index (χ1n) is 8.92. The van der Waals surface area contributed by atoms with Crippen molar-refractivity contribution in [2.45, 2.75) is 24.3 Å². The van der Waals surface area contributed by atoms with Crippen LogP contribution in [0.5, 0.6) is 0 Å². The molecular weight excluding hydrogens is 354 g/mol. The summed E-state index contributed by atoms with van der Waals surface area (Å²) in [6, 6.07) is 24.1. The second kappa shape index (κ2) is 6.71. The molecule has 1 aliphatic heterocycles. The standard InChI is InChI=1S/C23H21NO2S/c1-17-12-14-21(15-13-17)27(25,26)24-22-11-7-6-10-20(22)16-23(24)18(2)19-8-4-3-5-9-19/h3-15,23H,2,16H2,1H3. The van der Waals surface area contributed by atoms with Crippen LogP contribution in [-0.2, 0) is 16.4 Å². The van der Waals surface area contributed by atoms with E-state index in [2.05, 4.69) is 6.58 Å². The Hall–Kier alpha value is -2.85. The summed E-state index contributed by atoms with van der Waals surface area (Å²) in [7, 11) is -3.70. The zero-order valence-corrected chi connectivity index (χ0v) is 16.0. The molecule has 3 aromatic carbocycles. The molecule has 27 heavy (non-hydrogen) atoms. The van der Waals surface area contributed by atoms with Gasteiger partial charge in [-0.15, -0.1) is 0 Å². The highest BCUT2D eigenvalue weighted by molar-refractivity contribution is 7.93. The molecule has 0 radical (unpaired) electrons. The predicted octanol–water partition coefficient (Wildman–Crippen LogP) is 4.83. The van der Waals surface area contributed by atoms with Crippen LogP contribution in [0, 0.1) is 6.92 Å². The van der Waals surface area contributed by atoms with Gasteiger partial charge in [-0.05, 0) is 41.8 Å². The second-order valence-electron chi connectivity index (χ2n) is 6.85. The van der Waals surface area contributed by atoms with Gasteiger partial charge in [0.05, 0.1) is 16.6 Å². The highest BCUT2D eigenvalue weighted by atomic mass is 32.2. The lowest BCUT2D eigenvalue weighted by molar-refractivity contribution is 0.588. The summed E-state index contributed by atoms with van der Waals surface area (Å²) >= 11 is 0. The molecule has 0 aromatic heterocycles. The summed E-state index contributed by atoms with van der Waals surface area (Å²) in [4.78, 5) is 0.302. The number of anilines is 1. The van der Waals surface area contributed by atoms with E-state index in [0.29, 0.717) is 11.3 Å². The van der Waals surface area contributed by atoms with Gasteiger partial charge < -0.3 is 0 Å². The molecule has 0 fully saturated rings. The van der Waals surface area contributed by atoms with E-state index in [-0.39, 0.29) is 6.04 Å². The van der Waals surface area contributed by atoms with Gasteiger partial charge in [-0.2, -0.15) is 0 Å². The Balaban J connectivity index is 1.83. The monoisotopic (exact) mass is 375 g/mol. The van der Waals surface area contributed by atoms with Crippen molar-refractivity contribution in [3.8, 4) is 0 Å². The molecule has 136 valence electrons. The molecule has 4 heteroatoms. The third-order valence-electron chi connectivity index (χ3n) is 5.05. The molecule has 4 rings (SSSR count). The summed E-state index contributed by atoms with van der Waals surface area (Å²) < 4.78 is 28.6. The molecule has 1 atom stereocenters. The second-order valence-corrected chi connectivity index (χ2v) is 8.67. The Kier molecular flexibility index (Phi) is 4.36. The summed E-state index contributed by atoms with van der Waals surface area (Å²) in [5.74, 6) is 0. The van der Waals surface area contributed by atoms with Crippen molar-refractivity contribution in [3.63, 3.8) is 0 Å². The lowest BCUT2D eigenvalue weighted by atomic mass is 9.98. The van der Waals surface area contributed by atoms with Crippen LogP contribution in [-0.4, -0.2) is 14.5 Å². The quantitative estimate of drug-likeness (QED) is 0.655. The summed E-state index contributed by atoms with van der Waals surface area (Å²) in [5.41, 5.74) is 4.55. The maximum absolute atomic E-state index is 13.5. The van der Waals surface area contributed by atoms with Gasteiger partial charge in [-0.3, -0.25) is 4.31 Å². The van der Waals surface area contributed by atoms with E-state index < -0.39 is 10.0 Å². The molecule has 0 aliphatic carbocycles. The van der Waals surface area contributed by atoms with Crippen LogP contribution >= 0.6 is 0 Å². The molecule has 3 aromatic rings. The third-order valence-corrected chi connectivity index (χ3v) is 6.89. The molecule has 3 nitrogen and oxygen atoms in total. The zero-order valence-electron chi connectivity index (χ0n) is 15.2. The first-order chi connectivity index (χ1) is 13.0. The fourth-order valence-electron chi connectivity index (χ4n) is 3.59. The maximum Gasteiger partial charge on any atom is 0.264 e. The minimum Gasteiger partial charge on any atom is -0.258 e. The van der Waals surface area contributed by atoms with Crippen LogP contribution in [0.15, 0.2) is 90.3 Å². The number of hydrogen-bond donors (Lipinski definition) is 0. The van der Waals surface area contributed by atoms with Gasteiger partial charge in [-0.1, -0.05) is 72.8 Å². The summed E-state index contributed by atoms with van der Waals surface area (Å²) in [6.07, 6.45) is 0.620. The van der Waals surface area contributed by atoms with Crippen molar-refractivity contribution in [1.82, 2.24) is 0 Å².